The first kappa shape index (κ1) is 12.2. The fourth-order valence-corrected chi connectivity index (χ4v) is 4.32. The van der Waals surface area contributed by atoms with E-state index in [0.717, 1.165) is 47.8 Å². The number of hydrogen-bond acceptors (Lipinski definition) is 3. The van der Waals surface area contributed by atoms with E-state index in [2.05, 4.69) is 29.2 Å². The monoisotopic (exact) mass is 284 g/mol. The summed E-state index contributed by atoms with van der Waals surface area (Å²) < 4.78 is 0. The number of benzene rings is 1. The van der Waals surface area contributed by atoms with E-state index in [0.29, 0.717) is 0 Å². The highest BCUT2D eigenvalue weighted by Gasteiger charge is 2.26. The predicted molar refractivity (Wildman–Crippen MR) is 81.1 cm³/mol. The van der Waals surface area contributed by atoms with Crippen molar-refractivity contribution in [3.63, 3.8) is 0 Å². The van der Waals surface area contributed by atoms with Gasteiger partial charge in [-0.1, -0.05) is 24.3 Å². The topological polar surface area (TPSA) is 45.8 Å². The normalized spacial score (nSPS) is 20.5. The van der Waals surface area contributed by atoms with Crippen LogP contribution in [0.4, 0.5) is 0 Å². The maximum atomic E-state index is 12.2. The third-order valence-corrected chi connectivity index (χ3v) is 5.27. The van der Waals surface area contributed by atoms with E-state index >= 15 is 0 Å². The number of hydrogen-bond donors (Lipinski definition) is 1. The first-order valence-corrected chi connectivity index (χ1v) is 8.26. The van der Waals surface area contributed by atoms with E-state index < -0.39 is 0 Å². The Labute approximate surface area is 121 Å². The molecule has 1 aromatic heterocycles. The lowest BCUT2D eigenvalue weighted by molar-refractivity contribution is 0.586. The molecule has 20 heavy (non-hydrogen) atoms. The van der Waals surface area contributed by atoms with Gasteiger partial charge in [0.1, 0.15) is 5.82 Å². The lowest BCUT2D eigenvalue weighted by Crippen LogP contribution is -2.21. The third kappa shape index (κ3) is 1.90. The third-order valence-electron chi connectivity index (χ3n) is 4.30. The molecule has 3 nitrogen and oxygen atoms in total. The van der Waals surface area contributed by atoms with E-state index in [1.165, 1.54) is 11.1 Å². The second-order valence-corrected chi connectivity index (χ2v) is 6.50. The smallest absolute Gasteiger partial charge is 0.255 e. The van der Waals surface area contributed by atoms with Gasteiger partial charge in [0.05, 0.1) is 5.69 Å². The number of aryl methyl sites for hydroxylation is 1. The van der Waals surface area contributed by atoms with Crippen LogP contribution in [0.2, 0.25) is 0 Å². The Bertz CT molecular complexity index is 723. The van der Waals surface area contributed by atoms with Crippen LogP contribution in [0.5, 0.6) is 0 Å². The molecule has 0 spiro atoms. The first-order valence-electron chi connectivity index (χ1n) is 7.10. The fourth-order valence-electron chi connectivity index (χ4n) is 3.28. The van der Waals surface area contributed by atoms with Gasteiger partial charge in [0.15, 0.2) is 0 Å². The molecular weight excluding hydrogens is 268 g/mol. The van der Waals surface area contributed by atoms with Crippen LogP contribution in [0.25, 0.3) is 0 Å². The van der Waals surface area contributed by atoms with Crippen molar-refractivity contribution in [2.24, 2.45) is 0 Å². The zero-order valence-corrected chi connectivity index (χ0v) is 12.0. The lowest BCUT2D eigenvalue weighted by atomic mass is 9.82. The van der Waals surface area contributed by atoms with Gasteiger partial charge in [0, 0.05) is 23.0 Å². The summed E-state index contributed by atoms with van der Waals surface area (Å²) in [7, 11) is 0. The summed E-state index contributed by atoms with van der Waals surface area (Å²) in [6.45, 7) is 0. The van der Waals surface area contributed by atoms with E-state index in [9.17, 15) is 4.79 Å². The van der Waals surface area contributed by atoms with Crippen molar-refractivity contribution < 1.29 is 0 Å². The Hall–Kier alpha value is -1.55. The average molecular weight is 284 g/mol. The minimum atomic E-state index is 0.0676. The average Bonchev–Trinajstić information content (AvgIpc) is 2.95. The molecule has 0 saturated carbocycles. The van der Waals surface area contributed by atoms with Crippen molar-refractivity contribution in [2.75, 3.05) is 0 Å². The van der Waals surface area contributed by atoms with E-state index in [-0.39, 0.29) is 11.5 Å². The molecule has 1 N–H and O–H groups in total. The summed E-state index contributed by atoms with van der Waals surface area (Å²) in [6.07, 6.45) is 3.38. The van der Waals surface area contributed by atoms with Gasteiger partial charge < -0.3 is 4.98 Å². The molecule has 0 fully saturated rings. The molecule has 0 radical (unpaired) electrons. The number of aromatic nitrogens is 2. The minimum Gasteiger partial charge on any atom is -0.310 e. The number of fused-ring (bicyclic) bond motifs is 2. The number of nitrogens with zero attached hydrogens (tertiary/aromatic N) is 1. The van der Waals surface area contributed by atoms with E-state index in [1.54, 1.807) is 11.8 Å². The van der Waals surface area contributed by atoms with Crippen LogP contribution < -0.4 is 5.56 Å². The molecule has 4 rings (SSSR count). The van der Waals surface area contributed by atoms with Crippen molar-refractivity contribution in [3.05, 3.63) is 62.8 Å². The number of rotatable bonds is 1. The first-order chi connectivity index (χ1) is 9.83. The highest BCUT2D eigenvalue weighted by molar-refractivity contribution is 7.98. The molecular formula is C16H16N2OS. The Morgan fingerprint density at radius 3 is 3.10 bits per heavy atom. The Kier molecular flexibility index (Phi) is 2.91. The fraction of sp³-hybridized carbons (Fsp3) is 0.375. The van der Waals surface area contributed by atoms with Gasteiger partial charge in [0.2, 0.25) is 0 Å². The summed E-state index contributed by atoms with van der Waals surface area (Å²) in [5, 5.41) is 0. The van der Waals surface area contributed by atoms with Gasteiger partial charge in [0.25, 0.3) is 5.56 Å². The van der Waals surface area contributed by atoms with Gasteiger partial charge in [-0.25, -0.2) is 4.98 Å². The van der Waals surface area contributed by atoms with Crippen LogP contribution in [0.1, 0.15) is 47.0 Å². The van der Waals surface area contributed by atoms with E-state index in [4.69, 9.17) is 4.98 Å². The van der Waals surface area contributed by atoms with Crippen LogP contribution in [0, 0.1) is 0 Å². The molecule has 1 aromatic carbocycles. The predicted octanol–water partition coefficient (Wildman–Crippen LogP) is 2.98. The lowest BCUT2D eigenvalue weighted by Gasteiger charge is -2.24. The minimum absolute atomic E-state index is 0.0676. The van der Waals surface area contributed by atoms with Crippen molar-refractivity contribution in [2.45, 2.75) is 36.7 Å². The quantitative estimate of drug-likeness (QED) is 0.875. The Balaban J connectivity index is 1.83. The summed E-state index contributed by atoms with van der Waals surface area (Å²) in [5.41, 5.74) is 4.69. The van der Waals surface area contributed by atoms with Gasteiger partial charge in [-0.2, -0.15) is 11.8 Å². The second kappa shape index (κ2) is 4.77. The standard InChI is InChI=1S/C16H16N2OS/c19-16-13-8-20-9-14(13)17-15(18-16)12-7-3-5-10-4-1-2-6-11(10)12/h1-2,4,6,12H,3,5,7-9H2,(H,17,18,19). The molecule has 2 heterocycles. The largest absolute Gasteiger partial charge is 0.310 e. The molecule has 2 aliphatic rings. The van der Waals surface area contributed by atoms with Crippen LogP contribution in [0.3, 0.4) is 0 Å². The molecule has 1 atom stereocenters. The van der Waals surface area contributed by atoms with Gasteiger partial charge >= 0.3 is 0 Å². The van der Waals surface area contributed by atoms with Crippen molar-refractivity contribution in [1.29, 1.82) is 0 Å². The van der Waals surface area contributed by atoms with Crippen molar-refractivity contribution in [3.8, 4) is 0 Å². The molecule has 0 amide bonds. The number of thioether (sulfide) groups is 1. The van der Waals surface area contributed by atoms with Crippen molar-refractivity contribution in [1.82, 2.24) is 9.97 Å². The summed E-state index contributed by atoms with van der Waals surface area (Å²) in [4.78, 5) is 20.0. The SMILES string of the molecule is O=c1[nH]c(C2CCCc3ccccc32)nc2c1CSC2. The molecule has 102 valence electrons. The van der Waals surface area contributed by atoms with Gasteiger partial charge in [-0.3, -0.25) is 4.79 Å². The highest BCUT2D eigenvalue weighted by Crippen LogP contribution is 2.35. The second-order valence-electron chi connectivity index (χ2n) is 5.51. The molecule has 1 unspecified atom stereocenters. The molecule has 1 aliphatic heterocycles. The molecule has 1 aliphatic carbocycles. The zero-order chi connectivity index (χ0) is 13.5. The van der Waals surface area contributed by atoms with Gasteiger partial charge in [-0.05, 0) is 30.4 Å². The Morgan fingerprint density at radius 1 is 1.25 bits per heavy atom. The summed E-state index contributed by atoms with van der Waals surface area (Å²) in [5.74, 6) is 2.80. The summed E-state index contributed by atoms with van der Waals surface area (Å²) in [6, 6.07) is 8.55. The van der Waals surface area contributed by atoms with E-state index in [1.807, 2.05) is 0 Å². The number of H-pyrrole nitrogens is 1. The maximum Gasteiger partial charge on any atom is 0.255 e. The van der Waals surface area contributed by atoms with Crippen LogP contribution in [-0.4, -0.2) is 9.97 Å². The highest BCUT2D eigenvalue weighted by atomic mass is 32.2. The van der Waals surface area contributed by atoms with Crippen LogP contribution in [-0.2, 0) is 17.9 Å². The molecule has 0 bridgehead atoms. The van der Waals surface area contributed by atoms with Crippen LogP contribution in [0.15, 0.2) is 29.1 Å². The summed E-state index contributed by atoms with van der Waals surface area (Å²) >= 11 is 1.78. The van der Waals surface area contributed by atoms with Gasteiger partial charge in [-0.15, -0.1) is 0 Å². The van der Waals surface area contributed by atoms with Crippen molar-refractivity contribution >= 4 is 11.8 Å². The number of aromatic amines is 1. The zero-order valence-electron chi connectivity index (χ0n) is 11.2. The molecule has 2 aromatic rings. The number of nitrogens with one attached hydrogen (secondary N) is 1. The maximum absolute atomic E-state index is 12.2. The van der Waals surface area contributed by atoms with Crippen LogP contribution >= 0.6 is 11.8 Å². The molecule has 0 saturated heterocycles. The molecule has 4 heteroatoms. The Morgan fingerprint density at radius 2 is 2.15 bits per heavy atom.